The molecule has 2 heteroatoms. The highest BCUT2D eigenvalue weighted by atomic mass is 16.5. The van der Waals surface area contributed by atoms with Gasteiger partial charge in [0, 0.05) is 18.7 Å². The maximum atomic E-state index is 5.75. The van der Waals surface area contributed by atoms with Gasteiger partial charge in [0.1, 0.15) is 0 Å². The van der Waals surface area contributed by atoms with Gasteiger partial charge in [-0.15, -0.1) is 0 Å². The summed E-state index contributed by atoms with van der Waals surface area (Å²) in [6.45, 7) is 10.4. The maximum absolute atomic E-state index is 5.75. The molecule has 0 amide bonds. The van der Waals surface area contributed by atoms with Gasteiger partial charge in [-0.3, -0.25) is 0 Å². The summed E-state index contributed by atoms with van der Waals surface area (Å²) in [5.41, 5.74) is 0.521. The highest BCUT2D eigenvalue weighted by Gasteiger charge is 2.38. The number of ether oxygens (including phenoxy) is 1. The predicted molar refractivity (Wildman–Crippen MR) is 67.5 cm³/mol. The third-order valence-electron chi connectivity index (χ3n) is 4.33. The van der Waals surface area contributed by atoms with E-state index >= 15 is 0 Å². The summed E-state index contributed by atoms with van der Waals surface area (Å²) >= 11 is 0. The van der Waals surface area contributed by atoms with E-state index in [0.29, 0.717) is 23.6 Å². The van der Waals surface area contributed by atoms with Crippen molar-refractivity contribution in [3.05, 3.63) is 0 Å². The number of rotatable bonds is 3. The van der Waals surface area contributed by atoms with Crippen LogP contribution in [0.2, 0.25) is 0 Å². The Hall–Kier alpha value is -0.0800. The molecule has 1 aliphatic carbocycles. The van der Waals surface area contributed by atoms with Gasteiger partial charge in [0.2, 0.25) is 0 Å². The Morgan fingerprint density at radius 2 is 2.06 bits per heavy atom. The first kappa shape index (κ1) is 12.4. The molecular formula is C14H27NO. The first-order valence-corrected chi connectivity index (χ1v) is 6.85. The Balaban J connectivity index is 1.85. The van der Waals surface area contributed by atoms with E-state index in [4.69, 9.17) is 4.74 Å². The van der Waals surface area contributed by atoms with Crippen LogP contribution < -0.4 is 5.32 Å². The zero-order valence-corrected chi connectivity index (χ0v) is 11.3. The fraction of sp³-hybridized carbons (Fsp3) is 1.00. The molecule has 4 atom stereocenters. The second-order valence-corrected chi connectivity index (χ2v) is 6.66. The van der Waals surface area contributed by atoms with Crippen LogP contribution in [0.25, 0.3) is 0 Å². The highest BCUT2D eigenvalue weighted by molar-refractivity contribution is 4.93. The first-order chi connectivity index (χ1) is 7.48. The van der Waals surface area contributed by atoms with Gasteiger partial charge >= 0.3 is 0 Å². The SMILES string of the molecule is CC1CC(C)(C)CC1NC(C)C1CCCO1. The van der Waals surface area contributed by atoms with Crippen LogP contribution in [0, 0.1) is 11.3 Å². The zero-order chi connectivity index (χ0) is 11.8. The zero-order valence-electron chi connectivity index (χ0n) is 11.3. The minimum Gasteiger partial charge on any atom is -0.377 e. The van der Waals surface area contributed by atoms with Crippen LogP contribution in [-0.2, 0) is 4.74 Å². The number of hydrogen-bond acceptors (Lipinski definition) is 2. The van der Waals surface area contributed by atoms with Crippen LogP contribution in [0.3, 0.4) is 0 Å². The van der Waals surface area contributed by atoms with Crippen LogP contribution in [0.15, 0.2) is 0 Å². The molecule has 1 saturated carbocycles. The highest BCUT2D eigenvalue weighted by Crippen LogP contribution is 2.41. The van der Waals surface area contributed by atoms with E-state index in [2.05, 4.69) is 33.0 Å². The van der Waals surface area contributed by atoms with Crippen LogP contribution in [0.4, 0.5) is 0 Å². The molecular weight excluding hydrogens is 198 g/mol. The van der Waals surface area contributed by atoms with Crippen molar-refractivity contribution in [1.29, 1.82) is 0 Å². The number of nitrogens with one attached hydrogen (secondary N) is 1. The van der Waals surface area contributed by atoms with Crippen molar-refractivity contribution in [3.63, 3.8) is 0 Å². The molecule has 2 rings (SSSR count). The van der Waals surface area contributed by atoms with E-state index in [0.717, 1.165) is 12.5 Å². The smallest absolute Gasteiger partial charge is 0.0726 e. The number of hydrogen-bond donors (Lipinski definition) is 1. The molecule has 1 N–H and O–H groups in total. The Kier molecular flexibility index (Phi) is 3.60. The average molecular weight is 225 g/mol. The fourth-order valence-electron chi connectivity index (χ4n) is 3.56. The molecule has 0 radical (unpaired) electrons. The summed E-state index contributed by atoms with van der Waals surface area (Å²) in [6.07, 6.45) is 5.59. The van der Waals surface area contributed by atoms with Gasteiger partial charge in [0.05, 0.1) is 6.10 Å². The molecule has 2 aliphatic rings. The fourth-order valence-corrected chi connectivity index (χ4v) is 3.56. The van der Waals surface area contributed by atoms with E-state index in [1.165, 1.54) is 25.7 Å². The second-order valence-electron chi connectivity index (χ2n) is 6.66. The quantitative estimate of drug-likeness (QED) is 0.797. The molecule has 2 nitrogen and oxygen atoms in total. The van der Waals surface area contributed by atoms with Crippen LogP contribution in [0.1, 0.15) is 53.4 Å². The lowest BCUT2D eigenvalue weighted by atomic mass is 9.91. The predicted octanol–water partition coefficient (Wildman–Crippen LogP) is 2.97. The molecule has 0 aromatic heterocycles. The lowest BCUT2D eigenvalue weighted by molar-refractivity contribution is 0.0777. The molecule has 1 heterocycles. The van der Waals surface area contributed by atoms with Crippen molar-refractivity contribution in [2.24, 2.45) is 11.3 Å². The lowest BCUT2D eigenvalue weighted by Gasteiger charge is -2.27. The first-order valence-electron chi connectivity index (χ1n) is 6.85. The Morgan fingerprint density at radius 3 is 2.56 bits per heavy atom. The van der Waals surface area contributed by atoms with E-state index in [-0.39, 0.29) is 0 Å². The van der Waals surface area contributed by atoms with Crippen molar-refractivity contribution < 1.29 is 4.74 Å². The van der Waals surface area contributed by atoms with Gasteiger partial charge in [-0.1, -0.05) is 20.8 Å². The summed E-state index contributed by atoms with van der Waals surface area (Å²) in [4.78, 5) is 0. The van der Waals surface area contributed by atoms with E-state index in [1.54, 1.807) is 0 Å². The van der Waals surface area contributed by atoms with Crippen molar-refractivity contribution in [2.75, 3.05) is 6.61 Å². The summed E-state index contributed by atoms with van der Waals surface area (Å²) in [5.74, 6) is 0.804. The molecule has 0 aromatic carbocycles. The van der Waals surface area contributed by atoms with Crippen molar-refractivity contribution in [1.82, 2.24) is 5.32 Å². The van der Waals surface area contributed by atoms with Gasteiger partial charge in [0.15, 0.2) is 0 Å². The van der Waals surface area contributed by atoms with Gasteiger partial charge in [-0.25, -0.2) is 0 Å². The van der Waals surface area contributed by atoms with Gasteiger partial charge in [0.25, 0.3) is 0 Å². The van der Waals surface area contributed by atoms with Gasteiger partial charge < -0.3 is 10.1 Å². The Bertz CT molecular complexity index is 233. The van der Waals surface area contributed by atoms with Crippen LogP contribution in [0.5, 0.6) is 0 Å². The summed E-state index contributed by atoms with van der Waals surface area (Å²) in [6, 6.07) is 1.21. The topological polar surface area (TPSA) is 21.3 Å². The molecule has 16 heavy (non-hydrogen) atoms. The molecule has 2 fully saturated rings. The minimum absolute atomic E-state index is 0.455. The van der Waals surface area contributed by atoms with Crippen molar-refractivity contribution in [2.45, 2.75) is 71.6 Å². The van der Waals surface area contributed by atoms with Crippen LogP contribution in [-0.4, -0.2) is 24.8 Å². The third-order valence-corrected chi connectivity index (χ3v) is 4.33. The monoisotopic (exact) mass is 225 g/mol. The Labute approximate surface area is 100 Å². The Morgan fingerprint density at radius 1 is 1.31 bits per heavy atom. The van der Waals surface area contributed by atoms with E-state index in [1.807, 2.05) is 0 Å². The largest absolute Gasteiger partial charge is 0.377 e. The molecule has 1 aliphatic heterocycles. The summed E-state index contributed by atoms with van der Waals surface area (Å²) < 4.78 is 5.75. The molecule has 0 spiro atoms. The van der Waals surface area contributed by atoms with Crippen molar-refractivity contribution >= 4 is 0 Å². The van der Waals surface area contributed by atoms with Gasteiger partial charge in [-0.2, -0.15) is 0 Å². The molecule has 94 valence electrons. The van der Waals surface area contributed by atoms with Gasteiger partial charge in [-0.05, 0) is 43.9 Å². The maximum Gasteiger partial charge on any atom is 0.0726 e. The average Bonchev–Trinajstić information content (AvgIpc) is 2.74. The van der Waals surface area contributed by atoms with Crippen molar-refractivity contribution in [3.8, 4) is 0 Å². The summed E-state index contributed by atoms with van der Waals surface area (Å²) in [7, 11) is 0. The summed E-state index contributed by atoms with van der Waals surface area (Å²) in [5, 5.41) is 3.80. The molecule has 4 unspecified atom stereocenters. The standard InChI is InChI=1S/C14H27NO/c1-10-8-14(3,4)9-12(10)15-11(2)13-6-5-7-16-13/h10-13,15H,5-9H2,1-4H3. The lowest BCUT2D eigenvalue weighted by Crippen LogP contribution is -2.44. The minimum atomic E-state index is 0.455. The molecule has 1 saturated heterocycles. The second kappa shape index (κ2) is 4.66. The normalized spacial score (nSPS) is 40.1. The van der Waals surface area contributed by atoms with Crippen LogP contribution >= 0.6 is 0 Å². The molecule has 0 aromatic rings. The van der Waals surface area contributed by atoms with E-state index < -0.39 is 0 Å². The third kappa shape index (κ3) is 2.78. The van der Waals surface area contributed by atoms with E-state index in [9.17, 15) is 0 Å². The molecule has 0 bridgehead atoms.